The molecule has 120 valence electrons. The van der Waals surface area contributed by atoms with Crippen molar-refractivity contribution in [2.45, 2.75) is 64.5 Å². The van der Waals surface area contributed by atoms with Gasteiger partial charge in [-0.1, -0.05) is 19.3 Å². The van der Waals surface area contributed by atoms with Crippen molar-refractivity contribution in [2.24, 2.45) is 5.92 Å². The van der Waals surface area contributed by atoms with Gasteiger partial charge >= 0.3 is 0 Å². The number of aliphatic hydroxyl groups is 1. The summed E-state index contributed by atoms with van der Waals surface area (Å²) in [5.74, 6) is 0.496. The first-order valence-corrected chi connectivity index (χ1v) is 8.51. The molecule has 1 aromatic rings. The Bertz CT molecular complexity index is 404. The lowest BCUT2D eigenvalue weighted by molar-refractivity contribution is 0.0512. The Morgan fingerprint density at radius 1 is 1.29 bits per heavy atom. The summed E-state index contributed by atoms with van der Waals surface area (Å²) >= 11 is 0. The Hall–Kier alpha value is -0.870. The van der Waals surface area contributed by atoms with Crippen LogP contribution in [0.4, 0.5) is 0 Å². The second-order valence-corrected chi connectivity index (χ2v) is 6.72. The van der Waals surface area contributed by atoms with Gasteiger partial charge in [0.1, 0.15) is 0 Å². The van der Waals surface area contributed by atoms with Gasteiger partial charge in [0.05, 0.1) is 12.3 Å². The van der Waals surface area contributed by atoms with Gasteiger partial charge in [-0.2, -0.15) is 5.10 Å². The van der Waals surface area contributed by atoms with Crippen LogP contribution in [0.1, 0.15) is 50.5 Å². The molecule has 0 aromatic carbocycles. The second-order valence-electron chi connectivity index (χ2n) is 6.72. The zero-order valence-electron chi connectivity index (χ0n) is 13.7. The number of unbranched alkanes of at least 4 members (excludes halogenated alkanes) is 2. The molecule has 1 aromatic heterocycles. The summed E-state index contributed by atoms with van der Waals surface area (Å²) in [6, 6.07) is 0. The predicted molar refractivity (Wildman–Crippen MR) is 86.3 cm³/mol. The normalized spacial score (nSPS) is 22.9. The number of aliphatic hydroxyl groups excluding tert-OH is 1. The highest BCUT2D eigenvalue weighted by Crippen LogP contribution is 2.24. The van der Waals surface area contributed by atoms with Crippen LogP contribution in [0.3, 0.4) is 0 Å². The van der Waals surface area contributed by atoms with Crippen molar-refractivity contribution in [3.05, 3.63) is 18.0 Å². The maximum absolute atomic E-state index is 10.0. The average molecular weight is 293 g/mol. The number of hydrogen-bond donors (Lipinski definition) is 1. The molecule has 0 saturated heterocycles. The van der Waals surface area contributed by atoms with E-state index in [-0.39, 0.29) is 6.10 Å². The molecule has 1 heterocycles. The average Bonchev–Trinajstić information content (AvgIpc) is 2.87. The molecule has 0 amide bonds. The van der Waals surface area contributed by atoms with Crippen LogP contribution in [0.25, 0.3) is 0 Å². The Balaban J connectivity index is 1.53. The molecular weight excluding hydrogens is 262 g/mol. The summed E-state index contributed by atoms with van der Waals surface area (Å²) in [7, 11) is 2.19. The molecule has 21 heavy (non-hydrogen) atoms. The molecule has 4 nitrogen and oxygen atoms in total. The third-order valence-corrected chi connectivity index (χ3v) is 4.60. The van der Waals surface area contributed by atoms with Crippen LogP contribution in [-0.4, -0.2) is 46.0 Å². The van der Waals surface area contributed by atoms with E-state index >= 15 is 0 Å². The van der Waals surface area contributed by atoms with Crippen LogP contribution < -0.4 is 0 Å². The van der Waals surface area contributed by atoms with E-state index < -0.39 is 0 Å². The molecule has 2 atom stereocenters. The lowest BCUT2D eigenvalue weighted by atomic mass is 9.86. The Morgan fingerprint density at radius 3 is 2.81 bits per heavy atom. The SMILES string of the molecule is Cc1cnn(CCCCCN(C)CC2CCCCC2O)c1. The summed E-state index contributed by atoms with van der Waals surface area (Å²) in [5, 5.41) is 14.3. The minimum Gasteiger partial charge on any atom is -0.393 e. The standard InChI is InChI=1S/C17H31N3O/c1-15-12-18-20(13-15)11-7-3-6-10-19(2)14-16-8-4-5-9-17(16)21/h12-13,16-17,21H,3-11,14H2,1-2H3. The minimum absolute atomic E-state index is 0.0655. The Kier molecular flexibility index (Phi) is 6.71. The first kappa shape index (κ1) is 16.5. The van der Waals surface area contributed by atoms with E-state index in [0.717, 1.165) is 26.1 Å². The quantitative estimate of drug-likeness (QED) is 0.749. The van der Waals surface area contributed by atoms with Crippen molar-refractivity contribution in [1.82, 2.24) is 14.7 Å². The molecule has 2 unspecified atom stereocenters. The molecule has 1 saturated carbocycles. The van der Waals surface area contributed by atoms with Gasteiger partial charge < -0.3 is 10.0 Å². The molecule has 0 aliphatic heterocycles. The zero-order chi connectivity index (χ0) is 15.1. The lowest BCUT2D eigenvalue weighted by Crippen LogP contribution is -2.35. The van der Waals surface area contributed by atoms with Gasteiger partial charge in [-0.15, -0.1) is 0 Å². The lowest BCUT2D eigenvalue weighted by Gasteiger charge is -2.31. The zero-order valence-corrected chi connectivity index (χ0v) is 13.7. The van der Waals surface area contributed by atoms with Crippen LogP contribution in [-0.2, 0) is 6.54 Å². The van der Waals surface area contributed by atoms with Crippen LogP contribution >= 0.6 is 0 Å². The highest BCUT2D eigenvalue weighted by atomic mass is 16.3. The molecule has 0 bridgehead atoms. The number of hydrogen-bond acceptors (Lipinski definition) is 3. The first-order chi connectivity index (χ1) is 10.1. The highest BCUT2D eigenvalue weighted by Gasteiger charge is 2.23. The van der Waals surface area contributed by atoms with Gasteiger partial charge in [-0.25, -0.2) is 0 Å². The number of aryl methyl sites for hydroxylation is 2. The maximum atomic E-state index is 10.0. The molecular formula is C17H31N3O. The summed E-state index contributed by atoms with van der Waals surface area (Å²) in [6.07, 6.45) is 12.3. The fourth-order valence-electron chi connectivity index (χ4n) is 3.31. The predicted octanol–water partition coefficient (Wildman–Crippen LogP) is 2.84. The number of aromatic nitrogens is 2. The summed E-state index contributed by atoms with van der Waals surface area (Å²) in [4.78, 5) is 2.40. The van der Waals surface area contributed by atoms with Gasteiger partial charge in [-0.3, -0.25) is 4.68 Å². The molecule has 1 aliphatic rings. The summed E-state index contributed by atoms with van der Waals surface area (Å²) in [6.45, 7) is 5.30. The van der Waals surface area contributed by atoms with Crippen LogP contribution in [0.5, 0.6) is 0 Å². The van der Waals surface area contributed by atoms with Crippen LogP contribution in [0.2, 0.25) is 0 Å². The van der Waals surface area contributed by atoms with Gasteiger partial charge in [0, 0.05) is 19.3 Å². The van der Waals surface area contributed by atoms with E-state index in [0.29, 0.717) is 5.92 Å². The Morgan fingerprint density at radius 2 is 2.10 bits per heavy atom. The fraction of sp³-hybridized carbons (Fsp3) is 0.824. The summed E-state index contributed by atoms with van der Waals surface area (Å²) < 4.78 is 2.04. The molecule has 4 heteroatoms. The monoisotopic (exact) mass is 293 g/mol. The third kappa shape index (κ3) is 5.79. The van der Waals surface area contributed by atoms with Gasteiger partial charge in [0.15, 0.2) is 0 Å². The molecule has 1 fully saturated rings. The van der Waals surface area contributed by atoms with E-state index in [4.69, 9.17) is 0 Å². The van der Waals surface area contributed by atoms with Crippen molar-refractivity contribution in [3.63, 3.8) is 0 Å². The van der Waals surface area contributed by atoms with E-state index in [1.54, 1.807) is 0 Å². The minimum atomic E-state index is -0.0655. The maximum Gasteiger partial charge on any atom is 0.0580 e. The van der Waals surface area contributed by atoms with Crippen LogP contribution in [0, 0.1) is 12.8 Å². The second kappa shape index (κ2) is 8.54. The summed E-state index contributed by atoms with van der Waals surface area (Å²) in [5.41, 5.74) is 1.24. The number of rotatable bonds is 8. The van der Waals surface area contributed by atoms with E-state index in [1.807, 2.05) is 10.9 Å². The van der Waals surface area contributed by atoms with E-state index in [1.165, 1.54) is 44.1 Å². The molecule has 1 aliphatic carbocycles. The van der Waals surface area contributed by atoms with Crippen molar-refractivity contribution < 1.29 is 5.11 Å². The van der Waals surface area contributed by atoms with Crippen molar-refractivity contribution in [3.8, 4) is 0 Å². The van der Waals surface area contributed by atoms with Gasteiger partial charge in [0.2, 0.25) is 0 Å². The first-order valence-electron chi connectivity index (χ1n) is 8.51. The smallest absolute Gasteiger partial charge is 0.0580 e. The van der Waals surface area contributed by atoms with Crippen molar-refractivity contribution in [1.29, 1.82) is 0 Å². The van der Waals surface area contributed by atoms with E-state index in [2.05, 4.69) is 30.2 Å². The molecule has 0 spiro atoms. The number of nitrogens with zero attached hydrogens (tertiary/aromatic N) is 3. The molecule has 2 rings (SSSR count). The topological polar surface area (TPSA) is 41.3 Å². The van der Waals surface area contributed by atoms with Gasteiger partial charge in [-0.05, 0) is 57.7 Å². The van der Waals surface area contributed by atoms with E-state index in [9.17, 15) is 5.11 Å². The molecule has 0 radical (unpaired) electrons. The van der Waals surface area contributed by atoms with Crippen LogP contribution in [0.15, 0.2) is 12.4 Å². The third-order valence-electron chi connectivity index (χ3n) is 4.60. The van der Waals surface area contributed by atoms with Crippen molar-refractivity contribution in [2.75, 3.05) is 20.1 Å². The van der Waals surface area contributed by atoms with Gasteiger partial charge in [0.25, 0.3) is 0 Å². The van der Waals surface area contributed by atoms with Crippen molar-refractivity contribution >= 4 is 0 Å². The highest BCUT2D eigenvalue weighted by molar-refractivity contribution is 4.99. The fourth-order valence-corrected chi connectivity index (χ4v) is 3.31. The largest absolute Gasteiger partial charge is 0.393 e. The Labute approximate surface area is 129 Å². The molecule has 1 N–H and O–H groups in total.